The molecule has 1 heterocycles. The first-order valence-corrected chi connectivity index (χ1v) is 7.43. The molecule has 0 fully saturated rings. The monoisotopic (exact) mass is 321 g/mol. The van der Waals surface area contributed by atoms with E-state index in [0.29, 0.717) is 12.3 Å². The number of ether oxygens (including phenoxy) is 1. The molecule has 0 aliphatic rings. The zero-order valence-electron chi connectivity index (χ0n) is 13.3. The summed E-state index contributed by atoms with van der Waals surface area (Å²) < 4.78 is 11.0. The molecule has 0 radical (unpaired) electrons. The fourth-order valence-electron chi connectivity index (χ4n) is 2.14. The smallest absolute Gasteiger partial charge is 0.260 e. The predicted molar refractivity (Wildman–Crippen MR) is 86.3 cm³/mol. The molecule has 1 aromatic heterocycles. The number of rotatable bonds is 5. The lowest BCUT2D eigenvalue weighted by Gasteiger charge is -2.16. The van der Waals surface area contributed by atoms with E-state index in [9.17, 15) is 4.79 Å². The summed E-state index contributed by atoms with van der Waals surface area (Å²) in [5.74, 6) is 2.13. The number of halogens is 1. The van der Waals surface area contributed by atoms with Gasteiger partial charge in [-0.15, -0.1) is 0 Å². The van der Waals surface area contributed by atoms with Crippen molar-refractivity contribution in [3.05, 3.63) is 51.9 Å². The highest BCUT2D eigenvalue weighted by atomic mass is 35.5. The second kappa shape index (κ2) is 6.88. The highest BCUT2D eigenvalue weighted by Crippen LogP contribution is 2.25. The summed E-state index contributed by atoms with van der Waals surface area (Å²) in [6.07, 6.45) is 0. The van der Waals surface area contributed by atoms with Gasteiger partial charge in [0.1, 0.15) is 17.3 Å². The highest BCUT2D eigenvalue weighted by Gasteiger charge is 2.12. The second-order valence-electron chi connectivity index (χ2n) is 5.42. The summed E-state index contributed by atoms with van der Waals surface area (Å²) in [6.45, 7) is 6.11. The molecule has 5 heteroatoms. The van der Waals surface area contributed by atoms with E-state index in [1.165, 1.54) is 0 Å². The maximum atomic E-state index is 12.1. The van der Waals surface area contributed by atoms with E-state index in [2.05, 4.69) is 0 Å². The van der Waals surface area contributed by atoms with Gasteiger partial charge in [-0.1, -0.05) is 11.6 Å². The molecule has 0 aliphatic carbocycles. The van der Waals surface area contributed by atoms with Crippen LogP contribution < -0.4 is 4.74 Å². The number of carbonyl (C=O) groups excluding carboxylic acids is 1. The molecule has 0 unspecified atom stereocenters. The quantitative estimate of drug-likeness (QED) is 0.839. The van der Waals surface area contributed by atoms with E-state index in [1.807, 2.05) is 45.0 Å². The number of carbonyl (C=O) groups is 1. The fraction of sp³-hybridized carbons (Fsp3) is 0.353. The molecule has 2 aromatic rings. The van der Waals surface area contributed by atoms with Crippen molar-refractivity contribution < 1.29 is 13.9 Å². The molecule has 0 atom stereocenters. The van der Waals surface area contributed by atoms with Crippen LogP contribution in [0.2, 0.25) is 5.02 Å². The molecule has 4 nitrogen and oxygen atoms in total. The van der Waals surface area contributed by atoms with Crippen LogP contribution in [0.5, 0.6) is 5.75 Å². The largest absolute Gasteiger partial charge is 0.484 e. The Kier molecular flexibility index (Phi) is 5.14. The normalized spacial score (nSPS) is 10.6. The van der Waals surface area contributed by atoms with E-state index in [4.69, 9.17) is 20.8 Å². The molecule has 1 aromatic carbocycles. The van der Waals surface area contributed by atoms with Crippen LogP contribution in [0.25, 0.3) is 0 Å². The third kappa shape index (κ3) is 4.04. The summed E-state index contributed by atoms with van der Waals surface area (Å²) in [6, 6.07) is 7.41. The lowest BCUT2D eigenvalue weighted by molar-refractivity contribution is -0.132. The Hall–Kier alpha value is -1.94. The van der Waals surface area contributed by atoms with Gasteiger partial charge >= 0.3 is 0 Å². The molecular weight excluding hydrogens is 302 g/mol. The van der Waals surface area contributed by atoms with Crippen molar-refractivity contribution in [2.45, 2.75) is 27.3 Å². The Morgan fingerprint density at radius 2 is 1.86 bits per heavy atom. The third-order valence-electron chi connectivity index (χ3n) is 3.39. The summed E-state index contributed by atoms with van der Waals surface area (Å²) in [5, 5.41) is 0.726. The lowest BCUT2D eigenvalue weighted by Crippen LogP contribution is -2.30. The van der Waals surface area contributed by atoms with E-state index in [0.717, 1.165) is 27.7 Å². The Balaban J connectivity index is 1.92. The first kappa shape index (κ1) is 16.4. The number of benzene rings is 1. The van der Waals surface area contributed by atoms with Gasteiger partial charge in [0.25, 0.3) is 5.91 Å². The minimum atomic E-state index is -0.112. The topological polar surface area (TPSA) is 42.7 Å². The van der Waals surface area contributed by atoms with E-state index in [-0.39, 0.29) is 12.5 Å². The Morgan fingerprint density at radius 1 is 1.23 bits per heavy atom. The van der Waals surface area contributed by atoms with Crippen LogP contribution >= 0.6 is 11.6 Å². The maximum absolute atomic E-state index is 12.1. The van der Waals surface area contributed by atoms with Gasteiger partial charge in [-0.3, -0.25) is 4.79 Å². The molecule has 0 saturated heterocycles. The van der Waals surface area contributed by atoms with Crippen molar-refractivity contribution >= 4 is 17.5 Å². The number of likely N-dealkylation sites (N-methyl/N-ethyl adjacent to an activating group) is 1. The number of hydrogen-bond acceptors (Lipinski definition) is 3. The van der Waals surface area contributed by atoms with Gasteiger partial charge in [0, 0.05) is 12.1 Å². The minimum absolute atomic E-state index is 0.0172. The average Bonchev–Trinajstić information content (AvgIpc) is 2.87. The lowest BCUT2D eigenvalue weighted by atomic mass is 10.1. The highest BCUT2D eigenvalue weighted by molar-refractivity contribution is 6.32. The molecular formula is C17H20ClNO3. The van der Waals surface area contributed by atoms with Crippen LogP contribution in [0.1, 0.15) is 22.6 Å². The summed E-state index contributed by atoms with van der Waals surface area (Å²) in [7, 11) is 1.72. The zero-order valence-corrected chi connectivity index (χ0v) is 14.0. The zero-order chi connectivity index (χ0) is 16.3. The first-order valence-electron chi connectivity index (χ1n) is 7.05. The summed E-state index contributed by atoms with van der Waals surface area (Å²) >= 11 is 6.11. The summed E-state index contributed by atoms with van der Waals surface area (Å²) in [5.41, 5.74) is 1.87. The fourth-order valence-corrected chi connectivity index (χ4v) is 2.25. The predicted octanol–water partition coefficient (Wildman–Crippen LogP) is 3.90. The number of nitrogens with zero attached hydrogens (tertiary/aromatic N) is 1. The SMILES string of the molecule is Cc1ccc(CN(C)C(=O)COc2cc(C)c(Cl)c(C)c2)o1. The number of amides is 1. The third-order valence-corrected chi connectivity index (χ3v) is 3.98. The molecule has 0 aliphatic heterocycles. The molecule has 0 N–H and O–H groups in total. The van der Waals surface area contributed by atoms with Crippen molar-refractivity contribution in [3.8, 4) is 5.75 Å². The minimum Gasteiger partial charge on any atom is -0.484 e. The number of hydrogen-bond donors (Lipinski definition) is 0. The van der Waals surface area contributed by atoms with Gasteiger partial charge in [-0.25, -0.2) is 0 Å². The van der Waals surface area contributed by atoms with Crippen LogP contribution in [-0.4, -0.2) is 24.5 Å². The van der Waals surface area contributed by atoms with Crippen LogP contribution in [0.15, 0.2) is 28.7 Å². The van der Waals surface area contributed by atoms with Crippen LogP contribution in [0, 0.1) is 20.8 Å². The molecule has 0 spiro atoms. The maximum Gasteiger partial charge on any atom is 0.260 e. The van der Waals surface area contributed by atoms with Crippen molar-refractivity contribution in [2.75, 3.05) is 13.7 Å². The van der Waals surface area contributed by atoms with Gasteiger partial charge < -0.3 is 14.1 Å². The second-order valence-corrected chi connectivity index (χ2v) is 5.80. The average molecular weight is 322 g/mol. The van der Waals surface area contributed by atoms with E-state index < -0.39 is 0 Å². The van der Waals surface area contributed by atoms with E-state index >= 15 is 0 Å². The van der Waals surface area contributed by atoms with Crippen LogP contribution in [0.4, 0.5) is 0 Å². The van der Waals surface area contributed by atoms with Gasteiger partial charge in [0.05, 0.1) is 6.54 Å². The van der Waals surface area contributed by atoms with Crippen molar-refractivity contribution in [1.82, 2.24) is 4.90 Å². The Morgan fingerprint density at radius 3 is 2.41 bits per heavy atom. The van der Waals surface area contributed by atoms with Gasteiger partial charge in [-0.2, -0.15) is 0 Å². The molecule has 2 rings (SSSR count). The van der Waals surface area contributed by atoms with E-state index in [1.54, 1.807) is 11.9 Å². The van der Waals surface area contributed by atoms with Crippen molar-refractivity contribution in [1.29, 1.82) is 0 Å². The first-order chi connectivity index (χ1) is 10.4. The Labute approximate surface area is 135 Å². The number of furan rings is 1. The van der Waals surface area contributed by atoms with Gasteiger partial charge in [-0.05, 0) is 56.2 Å². The van der Waals surface area contributed by atoms with Crippen LogP contribution in [0.3, 0.4) is 0 Å². The molecule has 0 saturated carbocycles. The van der Waals surface area contributed by atoms with Gasteiger partial charge in [0.15, 0.2) is 6.61 Å². The standard InChI is InChI=1S/C17H20ClNO3/c1-11-7-15(8-12(2)17(11)18)21-10-16(20)19(4)9-14-6-5-13(3)22-14/h5-8H,9-10H2,1-4H3. The summed E-state index contributed by atoms with van der Waals surface area (Å²) in [4.78, 5) is 13.7. The number of aryl methyl sites for hydroxylation is 3. The molecule has 1 amide bonds. The van der Waals surface area contributed by atoms with Gasteiger partial charge in [0.2, 0.25) is 0 Å². The Bertz CT molecular complexity index is 655. The molecule has 0 bridgehead atoms. The molecule has 118 valence electrons. The van der Waals surface area contributed by atoms with Crippen molar-refractivity contribution in [3.63, 3.8) is 0 Å². The van der Waals surface area contributed by atoms with Crippen molar-refractivity contribution in [2.24, 2.45) is 0 Å². The van der Waals surface area contributed by atoms with Crippen LogP contribution in [-0.2, 0) is 11.3 Å². The molecule has 22 heavy (non-hydrogen) atoms.